The summed E-state index contributed by atoms with van der Waals surface area (Å²) in [6.45, 7) is 2.25. The third-order valence-corrected chi connectivity index (χ3v) is 4.75. The lowest BCUT2D eigenvalue weighted by atomic mass is 10.2. The molecule has 3 heteroatoms. The third-order valence-electron chi connectivity index (χ3n) is 2.76. The molecule has 0 saturated heterocycles. The van der Waals surface area contributed by atoms with Crippen LogP contribution in [0.5, 0.6) is 0 Å². The summed E-state index contributed by atoms with van der Waals surface area (Å²) in [6, 6.07) is 8.31. The van der Waals surface area contributed by atoms with Gasteiger partial charge in [0.05, 0.1) is 10.2 Å². The van der Waals surface area contributed by atoms with Crippen LogP contribution in [0.1, 0.15) is 39.0 Å². The van der Waals surface area contributed by atoms with Crippen molar-refractivity contribution in [2.45, 2.75) is 43.4 Å². The first-order valence-electron chi connectivity index (χ1n) is 6.57. The molecule has 0 spiro atoms. The molecule has 0 unspecified atom stereocenters. The lowest BCUT2D eigenvalue weighted by Crippen LogP contribution is -1.73. The Morgan fingerprint density at radius 3 is 2.94 bits per heavy atom. The van der Waals surface area contributed by atoms with Gasteiger partial charge in [-0.3, -0.25) is 0 Å². The molecule has 0 bridgehead atoms. The van der Waals surface area contributed by atoms with Gasteiger partial charge in [0.1, 0.15) is 0 Å². The maximum absolute atomic E-state index is 4.59. The van der Waals surface area contributed by atoms with Crippen LogP contribution in [0.25, 0.3) is 10.2 Å². The molecule has 1 aromatic carbocycles. The van der Waals surface area contributed by atoms with Gasteiger partial charge in [-0.1, -0.05) is 56.2 Å². The number of allylic oxidation sites excluding steroid dienone is 1. The molecule has 0 aliphatic heterocycles. The summed E-state index contributed by atoms with van der Waals surface area (Å²) in [4.78, 5) is 4.59. The van der Waals surface area contributed by atoms with E-state index >= 15 is 0 Å². The van der Waals surface area contributed by atoms with Crippen molar-refractivity contribution in [2.24, 2.45) is 0 Å². The van der Waals surface area contributed by atoms with Gasteiger partial charge in [-0.15, -0.1) is 11.3 Å². The topological polar surface area (TPSA) is 12.9 Å². The molecule has 1 heterocycles. The third kappa shape index (κ3) is 4.14. The first kappa shape index (κ1) is 13.6. The summed E-state index contributed by atoms with van der Waals surface area (Å²) in [5, 5.41) is 2.18. The minimum atomic E-state index is 1.11. The number of rotatable bonds is 7. The van der Waals surface area contributed by atoms with Crippen LogP contribution in [-0.2, 0) is 0 Å². The Kier molecular flexibility index (Phi) is 5.75. The molecular weight excluding hydrogens is 258 g/mol. The van der Waals surface area contributed by atoms with E-state index in [9.17, 15) is 0 Å². The minimum absolute atomic E-state index is 1.11. The van der Waals surface area contributed by atoms with Crippen LogP contribution in [0.3, 0.4) is 0 Å². The van der Waals surface area contributed by atoms with E-state index in [1.54, 1.807) is 23.1 Å². The maximum atomic E-state index is 4.59. The number of benzene rings is 1. The summed E-state index contributed by atoms with van der Waals surface area (Å²) in [6.07, 6.45) is 8.80. The van der Waals surface area contributed by atoms with E-state index in [4.69, 9.17) is 0 Å². The van der Waals surface area contributed by atoms with Crippen molar-refractivity contribution in [2.75, 3.05) is 0 Å². The zero-order valence-electron chi connectivity index (χ0n) is 10.8. The number of hydrogen-bond acceptors (Lipinski definition) is 3. The van der Waals surface area contributed by atoms with E-state index in [-0.39, 0.29) is 0 Å². The molecule has 0 aliphatic carbocycles. The van der Waals surface area contributed by atoms with Crippen molar-refractivity contribution in [3.05, 3.63) is 35.7 Å². The fraction of sp³-hybridized carbons (Fsp3) is 0.400. The van der Waals surface area contributed by atoms with E-state index in [0.29, 0.717) is 0 Å². The van der Waals surface area contributed by atoms with Crippen molar-refractivity contribution in [3.8, 4) is 0 Å². The zero-order valence-corrected chi connectivity index (χ0v) is 12.4. The van der Waals surface area contributed by atoms with E-state index in [1.165, 1.54) is 36.8 Å². The highest BCUT2D eigenvalue weighted by atomic mass is 32.2. The van der Waals surface area contributed by atoms with E-state index < -0.39 is 0 Å². The average Bonchev–Trinajstić information content (AvgIpc) is 2.80. The Labute approximate surface area is 117 Å². The lowest BCUT2D eigenvalue weighted by molar-refractivity contribution is 0.675. The van der Waals surface area contributed by atoms with Crippen LogP contribution in [0, 0.1) is 0 Å². The molecule has 18 heavy (non-hydrogen) atoms. The van der Waals surface area contributed by atoms with Gasteiger partial charge in [-0.05, 0) is 30.4 Å². The maximum Gasteiger partial charge on any atom is 0.155 e. The summed E-state index contributed by atoms with van der Waals surface area (Å²) in [7, 11) is 0. The normalized spacial score (nSPS) is 11.6. The highest BCUT2D eigenvalue weighted by molar-refractivity contribution is 8.03. The molecule has 0 amide bonds. The molecule has 1 aromatic heterocycles. The van der Waals surface area contributed by atoms with Gasteiger partial charge in [0.2, 0.25) is 0 Å². The van der Waals surface area contributed by atoms with Gasteiger partial charge in [-0.25, -0.2) is 4.98 Å². The number of hydrogen-bond donors (Lipinski definition) is 0. The lowest BCUT2D eigenvalue weighted by Gasteiger charge is -1.93. The van der Waals surface area contributed by atoms with E-state index in [2.05, 4.69) is 41.6 Å². The number of thioether (sulfide) groups is 1. The second kappa shape index (κ2) is 7.59. The van der Waals surface area contributed by atoms with Gasteiger partial charge in [0.25, 0.3) is 0 Å². The van der Waals surface area contributed by atoms with Crippen LogP contribution in [0.15, 0.2) is 40.1 Å². The Morgan fingerprint density at radius 2 is 2.11 bits per heavy atom. The highest BCUT2D eigenvalue weighted by Gasteiger charge is 2.00. The molecule has 2 rings (SSSR count). The Morgan fingerprint density at radius 1 is 1.22 bits per heavy atom. The molecule has 0 atom stereocenters. The number of unbranched alkanes of at least 4 members (excludes halogenated alkanes) is 4. The predicted molar refractivity (Wildman–Crippen MR) is 83.4 cm³/mol. The van der Waals surface area contributed by atoms with Crippen molar-refractivity contribution in [1.82, 2.24) is 4.98 Å². The second-order valence-corrected chi connectivity index (χ2v) is 6.47. The Bertz CT molecular complexity index is 469. The first-order chi connectivity index (χ1) is 8.90. The van der Waals surface area contributed by atoms with Crippen LogP contribution in [0.2, 0.25) is 0 Å². The molecule has 96 valence electrons. The van der Waals surface area contributed by atoms with E-state index in [0.717, 1.165) is 9.86 Å². The standard InChI is InChI=1S/C15H19NS2/c1-2-3-4-5-6-9-12-17-15-16-13-10-7-8-11-14(13)18-15/h7-12H,2-6H2,1H3. The zero-order chi connectivity index (χ0) is 12.6. The molecule has 0 fully saturated rings. The van der Waals surface area contributed by atoms with Crippen LogP contribution in [0.4, 0.5) is 0 Å². The summed E-state index contributed by atoms with van der Waals surface area (Å²) in [5.41, 5.74) is 1.11. The molecular formula is C15H19NS2. The predicted octanol–water partition coefficient (Wildman–Crippen LogP) is 5.87. The SMILES string of the molecule is CCCCCCC=CSc1nc2ccccc2s1. The van der Waals surface area contributed by atoms with Crippen LogP contribution < -0.4 is 0 Å². The fourth-order valence-corrected chi connectivity index (χ4v) is 3.59. The van der Waals surface area contributed by atoms with Gasteiger partial charge in [0.15, 0.2) is 4.34 Å². The number of nitrogens with zero attached hydrogens (tertiary/aromatic N) is 1. The fourth-order valence-electron chi connectivity index (χ4n) is 1.76. The molecule has 0 saturated carbocycles. The number of para-hydroxylation sites is 1. The molecule has 0 N–H and O–H groups in total. The van der Waals surface area contributed by atoms with Crippen LogP contribution >= 0.6 is 23.1 Å². The van der Waals surface area contributed by atoms with Crippen molar-refractivity contribution in [1.29, 1.82) is 0 Å². The molecule has 2 aromatic rings. The highest BCUT2D eigenvalue weighted by Crippen LogP contribution is 2.29. The van der Waals surface area contributed by atoms with Gasteiger partial charge in [-0.2, -0.15) is 0 Å². The quantitative estimate of drug-likeness (QED) is 0.463. The van der Waals surface area contributed by atoms with Crippen molar-refractivity contribution < 1.29 is 0 Å². The minimum Gasteiger partial charge on any atom is -0.229 e. The van der Waals surface area contributed by atoms with Crippen molar-refractivity contribution >= 4 is 33.3 Å². The first-order valence-corrected chi connectivity index (χ1v) is 8.27. The Balaban J connectivity index is 1.77. The molecule has 1 nitrogen and oxygen atoms in total. The van der Waals surface area contributed by atoms with Crippen LogP contribution in [-0.4, -0.2) is 4.98 Å². The average molecular weight is 277 g/mol. The van der Waals surface area contributed by atoms with E-state index in [1.807, 2.05) is 6.07 Å². The second-order valence-electron chi connectivity index (χ2n) is 4.29. The number of aromatic nitrogens is 1. The number of fused-ring (bicyclic) bond motifs is 1. The van der Waals surface area contributed by atoms with Gasteiger partial charge >= 0.3 is 0 Å². The summed E-state index contributed by atoms with van der Waals surface area (Å²) in [5.74, 6) is 0. The van der Waals surface area contributed by atoms with Crippen molar-refractivity contribution in [3.63, 3.8) is 0 Å². The number of thiazole rings is 1. The molecule has 0 aliphatic rings. The summed E-state index contributed by atoms with van der Waals surface area (Å²) < 4.78 is 2.41. The Hall–Kier alpha value is -0.800. The van der Waals surface area contributed by atoms with Gasteiger partial charge in [0, 0.05) is 0 Å². The largest absolute Gasteiger partial charge is 0.229 e. The smallest absolute Gasteiger partial charge is 0.155 e. The monoisotopic (exact) mass is 277 g/mol. The molecule has 0 radical (unpaired) electrons. The summed E-state index contributed by atoms with van der Waals surface area (Å²) >= 11 is 3.51. The van der Waals surface area contributed by atoms with Gasteiger partial charge < -0.3 is 0 Å².